The van der Waals surface area contributed by atoms with Gasteiger partial charge in [0.2, 0.25) is 0 Å². The Balaban J connectivity index is 1.63. The van der Waals surface area contributed by atoms with Crippen molar-refractivity contribution < 1.29 is 19.4 Å². The molecule has 2 heterocycles. The fourth-order valence-electron chi connectivity index (χ4n) is 3.62. The van der Waals surface area contributed by atoms with Crippen molar-refractivity contribution in [3.8, 4) is 5.75 Å². The van der Waals surface area contributed by atoms with Gasteiger partial charge in [0.05, 0.1) is 18.4 Å². The molecule has 0 fully saturated rings. The zero-order valence-electron chi connectivity index (χ0n) is 17.5. The van der Waals surface area contributed by atoms with Crippen LogP contribution < -0.4 is 10.3 Å². The molecule has 8 heteroatoms. The molecule has 0 radical (unpaired) electrons. The summed E-state index contributed by atoms with van der Waals surface area (Å²) in [5, 5.41) is 10.2. The number of hydrogen-bond acceptors (Lipinski definition) is 7. The predicted molar refractivity (Wildman–Crippen MR) is 112 cm³/mol. The van der Waals surface area contributed by atoms with Crippen LogP contribution in [-0.4, -0.2) is 58.9 Å². The van der Waals surface area contributed by atoms with E-state index >= 15 is 0 Å². The number of nitrogens with one attached hydrogen (secondary N) is 1. The van der Waals surface area contributed by atoms with Crippen molar-refractivity contribution in [3.05, 3.63) is 57.3 Å². The number of hydrogen-bond donors (Lipinski definition) is 2. The van der Waals surface area contributed by atoms with Gasteiger partial charge in [0, 0.05) is 44.5 Å². The molecule has 3 rings (SSSR count). The Morgan fingerprint density at radius 1 is 1.37 bits per heavy atom. The topological polar surface area (TPSA) is 105 Å². The smallest absolute Gasteiger partial charge is 0.305 e. The lowest BCUT2D eigenvalue weighted by atomic mass is 10.1. The number of para-hydroxylation sites is 1. The van der Waals surface area contributed by atoms with E-state index in [1.165, 1.54) is 0 Å². The molecule has 0 spiro atoms. The number of nitrogens with zero attached hydrogens (tertiary/aromatic N) is 2. The Hall–Kier alpha value is -2.71. The highest BCUT2D eigenvalue weighted by atomic mass is 16.5. The SMILES string of the molecule is CCCC(=O)OCC(O)CN1CCc2nc(Cc3ccccc3OC)[nH]c(=O)c2C1. The number of H-pyrrole nitrogens is 1. The minimum Gasteiger partial charge on any atom is -0.496 e. The molecule has 0 amide bonds. The summed E-state index contributed by atoms with van der Waals surface area (Å²) in [5.74, 6) is 1.07. The highest BCUT2D eigenvalue weighted by Gasteiger charge is 2.23. The second-order valence-electron chi connectivity index (χ2n) is 7.50. The first-order valence-corrected chi connectivity index (χ1v) is 10.3. The number of carbonyl (C=O) groups is 1. The molecule has 1 atom stereocenters. The summed E-state index contributed by atoms with van der Waals surface area (Å²) in [6.07, 6.45) is 1.39. The molecule has 0 saturated carbocycles. The fraction of sp³-hybridized carbons (Fsp3) is 0.500. The molecule has 0 aliphatic carbocycles. The molecule has 1 aromatic heterocycles. The Labute approximate surface area is 175 Å². The van der Waals surface area contributed by atoms with E-state index < -0.39 is 6.10 Å². The van der Waals surface area contributed by atoms with Crippen LogP contribution in [0.4, 0.5) is 0 Å². The number of aliphatic hydroxyl groups excluding tert-OH is 1. The van der Waals surface area contributed by atoms with Crippen LogP contribution in [-0.2, 0) is 28.9 Å². The monoisotopic (exact) mass is 415 g/mol. The molecular formula is C22H29N3O5. The Morgan fingerprint density at radius 3 is 2.93 bits per heavy atom. The molecule has 1 unspecified atom stereocenters. The van der Waals surface area contributed by atoms with Gasteiger partial charge < -0.3 is 19.6 Å². The number of ether oxygens (including phenoxy) is 2. The molecule has 8 nitrogen and oxygen atoms in total. The minimum atomic E-state index is -0.788. The lowest BCUT2D eigenvalue weighted by molar-refractivity contribution is -0.147. The number of fused-ring (bicyclic) bond motifs is 1. The second-order valence-corrected chi connectivity index (χ2v) is 7.50. The molecule has 1 aliphatic heterocycles. The standard InChI is InChI=1S/C22H29N3O5/c1-3-6-21(27)30-14-16(26)12-25-10-9-18-17(13-25)22(28)24-20(23-18)11-15-7-4-5-8-19(15)29-2/h4-5,7-8,16,26H,3,6,9-14H2,1-2H3,(H,23,24,28). The van der Waals surface area contributed by atoms with Crippen molar-refractivity contribution in [3.63, 3.8) is 0 Å². The molecule has 0 bridgehead atoms. The fourth-order valence-corrected chi connectivity index (χ4v) is 3.62. The summed E-state index contributed by atoms with van der Waals surface area (Å²) in [6, 6.07) is 7.67. The van der Waals surface area contributed by atoms with Gasteiger partial charge in [-0.3, -0.25) is 14.5 Å². The number of esters is 1. The van der Waals surface area contributed by atoms with Crippen LogP contribution >= 0.6 is 0 Å². The lowest BCUT2D eigenvalue weighted by Crippen LogP contribution is -2.41. The van der Waals surface area contributed by atoms with E-state index in [0.29, 0.717) is 56.7 Å². The second kappa shape index (κ2) is 10.4. The quantitative estimate of drug-likeness (QED) is 0.597. The third-order valence-electron chi connectivity index (χ3n) is 5.11. The van der Waals surface area contributed by atoms with Gasteiger partial charge in [-0.1, -0.05) is 25.1 Å². The number of benzene rings is 1. The van der Waals surface area contributed by atoms with E-state index in [2.05, 4.69) is 9.97 Å². The van der Waals surface area contributed by atoms with Crippen LogP contribution in [0.15, 0.2) is 29.1 Å². The van der Waals surface area contributed by atoms with E-state index in [9.17, 15) is 14.7 Å². The maximum Gasteiger partial charge on any atom is 0.305 e. The average Bonchev–Trinajstić information content (AvgIpc) is 2.73. The van der Waals surface area contributed by atoms with Crippen molar-refractivity contribution >= 4 is 5.97 Å². The van der Waals surface area contributed by atoms with Gasteiger partial charge in [-0.15, -0.1) is 0 Å². The zero-order valence-corrected chi connectivity index (χ0v) is 17.5. The molecule has 0 saturated heterocycles. The molecule has 2 aromatic rings. The van der Waals surface area contributed by atoms with Crippen molar-refractivity contribution in [2.75, 3.05) is 26.8 Å². The summed E-state index contributed by atoms with van der Waals surface area (Å²) in [6.45, 7) is 3.29. The maximum atomic E-state index is 12.7. The van der Waals surface area contributed by atoms with Crippen LogP contribution in [0, 0.1) is 0 Å². The number of methoxy groups -OCH3 is 1. The van der Waals surface area contributed by atoms with Crippen LogP contribution in [0.5, 0.6) is 5.75 Å². The zero-order chi connectivity index (χ0) is 21.5. The lowest BCUT2D eigenvalue weighted by Gasteiger charge is -2.29. The molecule has 1 aliphatic rings. The van der Waals surface area contributed by atoms with Gasteiger partial charge in [0.1, 0.15) is 24.3 Å². The van der Waals surface area contributed by atoms with Crippen LogP contribution in [0.3, 0.4) is 0 Å². The van der Waals surface area contributed by atoms with Crippen LogP contribution in [0.1, 0.15) is 42.4 Å². The van der Waals surface area contributed by atoms with Crippen LogP contribution in [0.25, 0.3) is 0 Å². The third-order valence-corrected chi connectivity index (χ3v) is 5.11. The van der Waals surface area contributed by atoms with Crippen molar-refractivity contribution in [1.29, 1.82) is 0 Å². The van der Waals surface area contributed by atoms with E-state index in [1.807, 2.05) is 36.1 Å². The largest absolute Gasteiger partial charge is 0.496 e. The number of carbonyl (C=O) groups excluding carboxylic acids is 1. The number of rotatable bonds is 9. The van der Waals surface area contributed by atoms with E-state index in [1.54, 1.807) is 7.11 Å². The number of aromatic nitrogens is 2. The van der Waals surface area contributed by atoms with Gasteiger partial charge in [-0.05, 0) is 12.5 Å². The highest BCUT2D eigenvalue weighted by Crippen LogP contribution is 2.20. The van der Waals surface area contributed by atoms with E-state index in [0.717, 1.165) is 17.0 Å². The summed E-state index contributed by atoms with van der Waals surface area (Å²) in [5.41, 5.74) is 2.23. The Kier molecular flexibility index (Phi) is 7.59. The van der Waals surface area contributed by atoms with E-state index in [-0.39, 0.29) is 18.1 Å². The van der Waals surface area contributed by atoms with Gasteiger partial charge in [0.15, 0.2) is 0 Å². The van der Waals surface area contributed by atoms with Gasteiger partial charge >= 0.3 is 5.97 Å². The first-order chi connectivity index (χ1) is 14.5. The van der Waals surface area contributed by atoms with Gasteiger partial charge in [-0.2, -0.15) is 0 Å². The molecule has 2 N–H and O–H groups in total. The number of β-amino-alcohol motifs (C(OH)–C–C–N with tert-alkyl or cyclic N) is 1. The highest BCUT2D eigenvalue weighted by molar-refractivity contribution is 5.69. The average molecular weight is 415 g/mol. The first kappa shape index (κ1) is 22.0. The minimum absolute atomic E-state index is 0.0331. The molecule has 1 aromatic carbocycles. The predicted octanol–water partition coefficient (Wildman–Crippen LogP) is 1.43. The maximum absolute atomic E-state index is 12.7. The van der Waals surface area contributed by atoms with E-state index in [4.69, 9.17) is 9.47 Å². The summed E-state index contributed by atoms with van der Waals surface area (Å²) >= 11 is 0. The summed E-state index contributed by atoms with van der Waals surface area (Å²) < 4.78 is 10.4. The summed E-state index contributed by atoms with van der Waals surface area (Å²) in [4.78, 5) is 33.6. The van der Waals surface area contributed by atoms with Gasteiger partial charge in [-0.25, -0.2) is 4.98 Å². The van der Waals surface area contributed by atoms with Crippen molar-refractivity contribution in [1.82, 2.24) is 14.9 Å². The summed E-state index contributed by atoms with van der Waals surface area (Å²) in [7, 11) is 1.62. The van der Waals surface area contributed by atoms with Gasteiger partial charge in [0.25, 0.3) is 5.56 Å². The number of aromatic amines is 1. The Bertz CT molecular complexity index is 927. The third kappa shape index (κ3) is 5.67. The molecular weight excluding hydrogens is 386 g/mol. The molecule has 162 valence electrons. The molecule has 30 heavy (non-hydrogen) atoms. The normalized spacial score (nSPS) is 14.8. The van der Waals surface area contributed by atoms with Crippen molar-refractivity contribution in [2.24, 2.45) is 0 Å². The Morgan fingerprint density at radius 2 is 2.17 bits per heavy atom. The number of aliphatic hydroxyl groups is 1. The van der Waals surface area contributed by atoms with Crippen molar-refractivity contribution in [2.45, 2.75) is 45.3 Å². The van der Waals surface area contributed by atoms with Crippen LogP contribution in [0.2, 0.25) is 0 Å². The first-order valence-electron chi connectivity index (χ1n) is 10.3.